The maximum atomic E-state index is 13.0. The first-order chi connectivity index (χ1) is 9.77. The van der Waals surface area contributed by atoms with Crippen LogP contribution in [0.4, 0.5) is 39.3 Å². The molecule has 0 saturated carbocycles. The molecule has 0 atom stereocenters. The lowest BCUT2D eigenvalue weighted by Crippen LogP contribution is -2.13. The minimum absolute atomic E-state index is 0.0682. The van der Waals surface area contributed by atoms with Crippen molar-refractivity contribution in [2.24, 2.45) is 0 Å². The molecule has 0 amide bonds. The van der Waals surface area contributed by atoms with Crippen LogP contribution in [-0.4, -0.2) is 17.0 Å². The lowest BCUT2D eigenvalue weighted by atomic mass is 10.3. The fourth-order valence-corrected chi connectivity index (χ4v) is 1.54. The van der Waals surface area contributed by atoms with Crippen molar-refractivity contribution in [1.82, 2.24) is 9.97 Å². The van der Waals surface area contributed by atoms with Crippen molar-refractivity contribution in [3.63, 3.8) is 0 Å². The summed E-state index contributed by atoms with van der Waals surface area (Å²) in [6.07, 6.45) is -4.74. The highest BCUT2D eigenvalue weighted by Crippen LogP contribution is 2.29. The molecular formula is C12H9F5N4. The average Bonchev–Trinajstić information content (AvgIpc) is 2.36. The molecule has 0 aliphatic heterocycles. The van der Waals surface area contributed by atoms with Gasteiger partial charge in [0, 0.05) is 24.9 Å². The topological polar surface area (TPSA) is 49.8 Å². The summed E-state index contributed by atoms with van der Waals surface area (Å²) in [5.41, 5.74) is -0.0682. The van der Waals surface area contributed by atoms with Crippen molar-refractivity contribution < 1.29 is 22.0 Å². The van der Waals surface area contributed by atoms with Crippen LogP contribution in [0, 0.1) is 11.6 Å². The minimum atomic E-state index is -4.74. The van der Waals surface area contributed by atoms with Crippen molar-refractivity contribution in [3.8, 4) is 0 Å². The number of anilines is 3. The van der Waals surface area contributed by atoms with Gasteiger partial charge in [-0.05, 0) is 12.1 Å². The zero-order valence-corrected chi connectivity index (χ0v) is 10.6. The monoisotopic (exact) mass is 304 g/mol. The number of hydrogen-bond acceptors (Lipinski definition) is 4. The van der Waals surface area contributed by atoms with Crippen molar-refractivity contribution in [2.75, 3.05) is 17.7 Å². The number of aromatic nitrogens is 2. The van der Waals surface area contributed by atoms with Gasteiger partial charge in [-0.1, -0.05) is 0 Å². The molecule has 1 aromatic heterocycles. The molecule has 112 valence electrons. The summed E-state index contributed by atoms with van der Waals surface area (Å²) in [4.78, 5) is 6.54. The van der Waals surface area contributed by atoms with Crippen LogP contribution in [-0.2, 0) is 6.18 Å². The third-order valence-electron chi connectivity index (χ3n) is 2.37. The number of hydrogen-bond donors (Lipinski definition) is 2. The SMILES string of the molecule is CNc1cc(Nc2cc(F)cc(F)c2)nc(C(F)(F)F)n1. The van der Waals surface area contributed by atoms with E-state index >= 15 is 0 Å². The summed E-state index contributed by atoms with van der Waals surface area (Å²) >= 11 is 0. The molecule has 2 N–H and O–H groups in total. The van der Waals surface area contributed by atoms with Crippen LogP contribution in [0.2, 0.25) is 0 Å². The van der Waals surface area contributed by atoms with E-state index in [0.717, 1.165) is 12.1 Å². The Balaban J connectivity index is 2.39. The maximum absolute atomic E-state index is 13.0. The van der Waals surface area contributed by atoms with Crippen molar-refractivity contribution in [3.05, 3.63) is 41.7 Å². The molecule has 21 heavy (non-hydrogen) atoms. The largest absolute Gasteiger partial charge is 0.451 e. The Morgan fingerprint density at radius 3 is 2.00 bits per heavy atom. The molecule has 2 rings (SSSR count). The zero-order valence-electron chi connectivity index (χ0n) is 10.6. The van der Waals surface area contributed by atoms with Crippen LogP contribution < -0.4 is 10.6 Å². The van der Waals surface area contributed by atoms with E-state index in [1.54, 1.807) is 0 Å². The second-order valence-electron chi connectivity index (χ2n) is 3.99. The lowest BCUT2D eigenvalue weighted by Gasteiger charge is -2.11. The van der Waals surface area contributed by atoms with Crippen molar-refractivity contribution >= 4 is 17.3 Å². The first-order valence-electron chi connectivity index (χ1n) is 5.65. The quantitative estimate of drug-likeness (QED) is 0.851. The van der Waals surface area contributed by atoms with Gasteiger partial charge in [0.05, 0.1) is 0 Å². The Morgan fingerprint density at radius 2 is 1.48 bits per heavy atom. The summed E-state index contributed by atoms with van der Waals surface area (Å²) in [7, 11) is 1.38. The van der Waals surface area contributed by atoms with Crippen LogP contribution in [0.1, 0.15) is 5.82 Å². The van der Waals surface area contributed by atoms with E-state index in [1.165, 1.54) is 13.1 Å². The molecule has 0 aliphatic carbocycles. The predicted octanol–water partition coefficient (Wildman–Crippen LogP) is 3.56. The van der Waals surface area contributed by atoms with E-state index in [-0.39, 0.29) is 17.3 Å². The highest BCUT2D eigenvalue weighted by atomic mass is 19.4. The predicted molar refractivity (Wildman–Crippen MR) is 66.2 cm³/mol. The average molecular weight is 304 g/mol. The summed E-state index contributed by atoms with van der Waals surface area (Å²) in [5, 5.41) is 4.85. The number of benzene rings is 1. The van der Waals surface area contributed by atoms with E-state index < -0.39 is 23.6 Å². The molecule has 0 aliphatic rings. The molecule has 0 fully saturated rings. The van der Waals surface area contributed by atoms with Gasteiger partial charge in [-0.25, -0.2) is 18.7 Å². The summed E-state index contributed by atoms with van der Waals surface area (Å²) in [5.74, 6) is -3.43. The lowest BCUT2D eigenvalue weighted by molar-refractivity contribution is -0.144. The van der Waals surface area contributed by atoms with Gasteiger partial charge in [-0.2, -0.15) is 13.2 Å². The Kier molecular flexibility index (Phi) is 3.92. The van der Waals surface area contributed by atoms with E-state index in [9.17, 15) is 22.0 Å². The van der Waals surface area contributed by atoms with Crippen LogP contribution in [0.5, 0.6) is 0 Å². The molecule has 1 heterocycles. The van der Waals surface area contributed by atoms with Crippen LogP contribution >= 0.6 is 0 Å². The fourth-order valence-electron chi connectivity index (χ4n) is 1.54. The molecule has 2 aromatic rings. The molecule has 4 nitrogen and oxygen atoms in total. The first kappa shape index (κ1) is 14.9. The minimum Gasteiger partial charge on any atom is -0.373 e. The van der Waals surface area contributed by atoms with E-state index in [1.807, 2.05) is 0 Å². The van der Waals surface area contributed by atoms with Gasteiger partial charge in [0.1, 0.15) is 23.3 Å². The molecule has 9 heteroatoms. The Bertz CT molecular complexity index is 636. The van der Waals surface area contributed by atoms with Crippen LogP contribution in [0.15, 0.2) is 24.3 Å². The molecule has 1 aromatic carbocycles. The van der Waals surface area contributed by atoms with Gasteiger partial charge in [-0.3, -0.25) is 0 Å². The van der Waals surface area contributed by atoms with Crippen LogP contribution in [0.25, 0.3) is 0 Å². The summed E-state index contributed by atoms with van der Waals surface area (Å²) in [6, 6.07) is 3.68. The number of alkyl halides is 3. The van der Waals surface area contributed by atoms with Gasteiger partial charge >= 0.3 is 6.18 Å². The van der Waals surface area contributed by atoms with E-state index in [0.29, 0.717) is 6.07 Å². The molecule has 0 saturated heterocycles. The molecule has 0 radical (unpaired) electrons. The summed E-state index contributed by atoms with van der Waals surface area (Å²) in [6.45, 7) is 0. The maximum Gasteiger partial charge on any atom is 0.451 e. The highest BCUT2D eigenvalue weighted by molar-refractivity contribution is 5.59. The Hall–Kier alpha value is -2.45. The zero-order chi connectivity index (χ0) is 15.6. The number of halogens is 5. The smallest absolute Gasteiger partial charge is 0.373 e. The number of nitrogens with one attached hydrogen (secondary N) is 2. The normalized spacial score (nSPS) is 11.3. The standard InChI is InChI=1S/C12H9F5N4/c1-18-9-5-10(21-11(20-9)12(15,16)17)19-8-3-6(13)2-7(14)4-8/h2-5H,1H3,(H2,18,19,20,21). The Labute approximate surface area is 116 Å². The van der Waals surface area contributed by atoms with Crippen molar-refractivity contribution in [2.45, 2.75) is 6.18 Å². The second-order valence-corrected chi connectivity index (χ2v) is 3.99. The third kappa shape index (κ3) is 3.77. The second kappa shape index (κ2) is 5.51. The van der Waals surface area contributed by atoms with Gasteiger partial charge in [0.25, 0.3) is 0 Å². The van der Waals surface area contributed by atoms with Crippen LogP contribution in [0.3, 0.4) is 0 Å². The molecule has 0 spiro atoms. The van der Waals surface area contributed by atoms with Gasteiger partial charge < -0.3 is 10.6 Å². The Morgan fingerprint density at radius 1 is 0.905 bits per heavy atom. The molecular weight excluding hydrogens is 295 g/mol. The number of rotatable bonds is 3. The highest BCUT2D eigenvalue weighted by Gasteiger charge is 2.35. The first-order valence-corrected chi connectivity index (χ1v) is 5.65. The fraction of sp³-hybridized carbons (Fsp3) is 0.167. The van der Waals surface area contributed by atoms with Crippen molar-refractivity contribution in [1.29, 1.82) is 0 Å². The summed E-state index contributed by atoms with van der Waals surface area (Å²) < 4.78 is 64.0. The molecule has 0 unspecified atom stereocenters. The van der Waals surface area contributed by atoms with Gasteiger partial charge in [-0.15, -0.1) is 0 Å². The van der Waals surface area contributed by atoms with Gasteiger partial charge in [0.2, 0.25) is 5.82 Å². The van der Waals surface area contributed by atoms with E-state index in [2.05, 4.69) is 20.6 Å². The number of nitrogens with zero attached hydrogens (tertiary/aromatic N) is 2. The molecule has 0 bridgehead atoms. The third-order valence-corrected chi connectivity index (χ3v) is 2.37. The van der Waals surface area contributed by atoms with E-state index in [4.69, 9.17) is 0 Å². The van der Waals surface area contributed by atoms with Gasteiger partial charge in [0.15, 0.2) is 0 Å².